The van der Waals surface area contributed by atoms with Gasteiger partial charge < -0.3 is 14.8 Å². The summed E-state index contributed by atoms with van der Waals surface area (Å²) in [7, 11) is 0. The van der Waals surface area contributed by atoms with Gasteiger partial charge in [-0.05, 0) is 68.4 Å². The Balaban J connectivity index is 1.79. The maximum absolute atomic E-state index is 12.7. The number of nitrogens with zero attached hydrogens (tertiary/aromatic N) is 2. The Morgan fingerprint density at radius 3 is 2.61 bits per heavy atom. The minimum Gasteiger partial charge on any atom is -0.490 e. The summed E-state index contributed by atoms with van der Waals surface area (Å²) in [5.74, 6) is 0.259. The zero-order valence-corrected chi connectivity index (χ0v) is 20.3. The number of rotatable bonds is 9. The van der Waals surface area contributed by atoms with E-state index in [0.717, 1.165) is 0 Å². The fourth-order valence-corrected chi connectivity index (χ4v) is 4.50. The van der Waals surface area contributed by atoms with Gasteiger partial charge in [0.05, 0.1) is 16.5 Å². The monoisotopic (exact) mass is 487 g/mol. The lowest BCUT2D eigenvalue weighted by Crippen LogP contribution is -2.28. The van der Waals surface area contributed by atoms with E-state index in [-0.39, 0.29) is 29.2 Å². The highest BCUT2D eigenvalue weighted by atomic mass is 35.5. The first-order valence-corrected chi connectivity index (χ1v) is 11.9. The van der Waals surface area contributed by atoms with Gasteiger partial charge in [0, 0.05) is 18.8 Å². The van der Waals surface area contributed by atoms with Gasteiger partial charge in [-0.2, -0.15) is 0 Å². The van der Waals surface area contributed by atoms with Crippen LogP contribution in [0.15, 0.2) is 52.4 Å². The topological polar surface area (TPSA) is 80.2 Å². The molecule has 0 aliphatic carbocycles. The van der Waals surface area contributed by atoms with Gasteiger partial charge in [-0.25, -0.2) is 0 Å². The van der Waals surface area contributed by atoms with Crippen LogP contribution in [0, 0.1) is 0 Å². The standard InChI is InChI=1S/C24H26ClN3O4S/c1-4-26-24-28(5-2)23(30)20(33-24)14-16-12-18(25)22(19(13-16)31-6-3)32-15-21(29)27-17-10-8-7-9-11-17/h7-14H,4-6,15H2,1-3H3,(H,27,29)/b20-14+,26-24?. The Bertz CT molecular complexity index is 1070. The van der Waals surface area contributed by atoms with Gasteiger partial charge in [-0.3, -0.25) is 19.5 Å². The minimum absolute atomic E-state index is 0.0957. The van der Waals surface area contributed by atoms with Crippen LogP contribution < -0.4 is 14.8 Å². The lowest BCUT2D eigenvalue weighted by Gasteiger charge is -2.14. The third-order valence-corrected chi connectivity index (χ3v) is 5.86. The molecule has 1 heterocycles. The van der Waals surface area contributed by atoms with Crippen molar-refractivity contribution in [1.82, 2.24) is 4.90 Å². The largest absolute Gasteiger partial charge is 0.490 e. The second kappa shape index (κ2) is 11.8. The molecule has 1 saturated heterocycles. The molecule has 2 amide bonds. The Labute approximate surface area is 202 Å². The molecule has 1 N–H and O–H groups in total. The summed E-state index contributed by atoms with van der Waals surface area (Å²) < 4.78 is 11.4. The molecule has 2 aromatic rings. The van der Waals surface area contributed by atoms with Gasteiger partial charge >= 0.3 is 0 Å². The summed E-state index contributed by atoms with van der Waals surface area (Å²) in [6, 6.07) is 12.5. The summed E-state index contributed by atoms with van der Waals surface area (Å²) in [5.41, 5.74) is 1.37. The number of para-hydroxylation sites is 1. The highest BCUT2D eigenvalue weighted by Gasteiger charge is 2.32. The maximum Gasteiger partial charge on any atom is 0.266 e. The molecule has 3 rings (SSSR count). The van der Waals surface area contributed by atoms with E-state index in [0.29, 0.717) is 46.8 Å². The van der Waals surface area contributed by atoms with Crippen molar-refractivity contribution in [3.8, 4) is 11.5 Å². The molecule has 1 aliphatic rings. The number of hydrogen-bond donors (Lipinski definition) is 1. The second-order valence-corrected chi connectivity index (χ2v) is 8.30. The quantitative estimate of drug-likeness (QED) is 0.499. The predicted molar refractivity (Wildman–Crippen MR) is 134 cm³/mol. The molecular weight excluding hydrogens is 462 g/mol. The van der Waals surface area contributed by atoms with E-state index in [2.05, 4.69) is 10.3 Å². The average molecular weight is 488 g/mol. The van der Waals surface area contributed by atoms with Gasteiger partial charge in [0.25, 0.3) is 11.8 Å². The molecule has 1 aliphatic heterocycles. The van der Waals surface area contributed by atoms with Gasteiger partial charge in [0.2, 0.25) is 0 Å². The predicted octanol–water partition coefficient (Wildman–Crippen LogP) is 5.07. The molecule has 0 unspecified atom stereocenters. The first kappa shape index (κ1) is 24.7. The van der Waals surface area contributed by atoms with E-state index in [4.69, 9.17) is 21.1 Å². The zero-order valence-electron chi connectivity index (χ0n) is 18.8. The average Bonchev–Trinajstić information content (AvgIpc) is 3.08. The number of aliphatic imine (C=N–C) groups is 1. The number of thioether (sulfide) groups is 1. The zero-order chi connectivity index (χ0) is 23.8. The van der Waals surface area contributed by atoms with Crippen LogP contribution in [0.1, 0.15) is 26.3 Å². The van der Waals surface area contributed by atoms with Gasteiger partial charge in [0.15, 0.2) is 23.3 Å². The fourth-order valence-electron chi connectivity index (χ4n) is 3.12. The molecule has 0 atom stereocenters. The van der Waals surface area contributed by atoms with Crippen molar-refractivity contribution in [3.63, 3.8) is 0 Å². The smallest absolute Gasteiger partial charge is 0.266 e. The second-order valence-electron chi connectivity index (χ2n) is 6.88. The van der Waals surface area contributed by atoms with Crippen LogP contribution in [-0.4, -0.2) is 48.2 Å². The summed E-state index contributed by atoms with van der Waals surface area (Å²) in [4.78, 5) is 31.6. The molecule has 0 radical (unpaired) electrons. The number of hydrogen-bond acceptors (Lipinski definition) is 6. The molecule has 7 nitrogen and oxygen atoms in total. The molecule has 0 spiro atoms. The van der Waals surface area contributed by atoms with Crippen molar-refractivity contribution >= 4 is 52.1 Å². The molecule has 33 heavy (non-hydrogen) atoms. The SMILES string of the molecule is CCN=C1S/C(=C/c2cc(Cl)c(OCC(=O)Nc3ccccc3)c(OCC)c2)C(=O)N1CC. The number of nitrogens with one attached hydrogen (secondary N) is 1. The first-order chi connectivity index (χ1) is 16.0. The van der Waals surface area contributed by atoms with Crippen LogP contribution in [0.3, 0.4) is 0 Å². The third kappa shape index (κ3) is 6.30. The first-order valence-electron chi connectivity index (χ1n) is 10.7. The van der Waals surface area contributed by atoms with Crippen LogP contribution in [0.5, 0.6) is 11.5 Å². The Morgan fingerprint density at radius 2 is 1.94 bits per heavy atom. The highest BCUT2D eigenvalue weighted by molar-refractivity contribution is 8.18. The van der Waals surface area contributed by atoms with E-state index in [9.17, 15) is 9.59 Å². The Morgan fingerprint density at radius 1 is 1.18 bits per heavy atom. The van der Waals surface area contributed by atoms with Crippen molar-refractivity contribution in [2.45, 2.75) is 20.8 Å². The molecule has 2 aromatic carbocycles. The Kier molecular flexibility index (Phi) is 8.79. The number of anilines is 1. The van der Waals surface area contributed by atoms with Crippen LogP contribution in [0.25, 0.3) is 6.08 Å². The lowest BCUT2D eigenvalue weighted by molar-refractivity contribution is -0.122. The number of likely N-dealkylation sites (N-methyl/N-ethyl adjacent to an activating group) is 1. The normalized spacial score (nSPS) is 15.9. The molecular formula is C24H26ClN3O4S. The molecule has 0 saturated carbocycles. The number of benzene rings is 2. The van der Waals surface area contributed by atoms with Crippen LogP contribution in [0.2, 0.25) is 5.02 Å². The minimum atomic E-state index is -0.318. The number of amides is 2. The van der Waals surface area contributed by atoms with E-state index >= 15 is 0 Å². The molecule has 9 heteroatoms. The number of amidine groups is 1. The maximum atomic E-state index is 12.7. The molecule has 1 fully saturated rings. The van der Waals surface area contributed by atoms with Crippen molar-refractivity contribution in [2.24, 2.45) is 4.99 Å². The molecule has 0 aromatic heterocycles. The lowest BCUT2D eigenvalue weighted by atomic mass is 10.1. The van der Waals surface area contributed by atoms with E-state index in [1.54, 1.807) is 35.2 Å². The third-order valence-electron chi connectivity index (χ3n) is 4.53. The van der Waals surface area contributed by atoms with Crippen molar-refractivity contribution in [2.75, 3.05) is 31.6 Å². The molecule has 174 valence electrons. The fraction of sp³-hybridized carbons (Fsp3) is 0.292. The molecule has 0 bridgehead atoms. The van der Waals surface area contributed by atoms with Crippen LogP contribution in [0.4, 0.5) is 5.69 Å². The number of carbonyl (C=O) groups excluding carboxylic acids is 2. The van der Waals surface area contributed by atoms with Gasteiger partial charge in [-0.1, -0.05) is 29.8 Å². The summed E-state index contributed by atoms with van der Waals surface area (Å²) in [6.45, 7) is 6.98. The van der Waals surface area contributed by atoms with Crippen LogP contribution >= 0.6 is 23.4 Å². The number of halogens is 1. The summed E-state index contributed by atoms with van der Waals surface area (Å²) in [5, 5.41) is 3.73. The van der Waals surface area contributed by atoms with E-state index in [1.807, 2.05) is 39.0 Å². The van der Waals surface area contributed by atoms with Crippen molar-refractivity contribution in [3.05, 3.63) is 58.0 Å². The van der Waals surface area contributed by atoms with Crippen molar-refractivity contribution in [1.29, 1.82) is 0 Å². The van der Waals surface area contributed by atoms with E-state index in [1.165, 1.54) is 11.8 Å². The highest BCUT2D eigenvalue weighted by Crippen LogP contribution is 2.39. The van der Waals surface area contributed by atoms with E-state index < -0.39 is 0 Å². The number of ether oxygens (including phenoxy) is 2. The summed E-state index contributed by atoms with van der Waals surface area (Å²) in [6.07, 6.45) is 1.76. The van der Waals surface area contributed by atoms with Gasteiger partial charge in [-0.15, -0.1) is 0 Å². The Hall–Kier alpha value is -2.97. The number of carbonyl (C=O) groups is 2. The van der Waals surface area contributed by atoms with Crippen molar-refractivity contribution < 1.29 is 19.1 Å². The van der Waals surface area contributed by atoms with Gasteiger partial charge in [0.1, 0.15) is 0 Å². The van der Waals surface area contributed by atoms with Crippen LogP contribution in [-0.2, 0) is 9.59 Å². The summed E-state index contributed by atoms with van der Waals surface area (Å²) >= 11 is 7.81.